The number of aliphatic carboxylic acids is 1. The second kappa shape index (κ2) is 6.43. The highest BCUT2D eigenvalue weighted by Gasteiger charge is 2.25. The van der Waals surface area contributed by atoms with Crippen LogP contribution in [0.2, 0.25) is 0 Å². The van der Waals surface area contributed by atoms with Crippen molar-refractivity contribution >= 4 is 22.8 Å². The van der Waals surface area contributed by atoms with Gasteiger partial charge in [0, 0.05) is 17.1 Å². The number of carbonyl (C=O) groups is 2. The van der Waals surface area contributed by atoms with Crippen LogP contribution in [0.5, 0.6) is 0 Å². The molecule has 1 heterocycles. The normalized spacial score (nSPS) is 13.8. The van der Waals surface area contributed by atoms with E-state index in [-0.39, 0.29) is 18.2 Å². The third-order valence-corrected chi connectivity index (χ3v) is 3.82. The number of H-pyrrole nitrogens is 1. The van der Waals surface area contributed by atoms with E-state index in [0.717, 1.165) is 16.5 Å². The van der Waals surface area contributed by atoms with E-state index in [1.807, 2.05) is 38.1 Å². The Morgan fingerprint density at radius 1 is 1.33 bits per heavy atom. The molecular weight excluding hydrogens is 268 g/mol. The summed E-state index contributed by atoms with van der Waals surface area (Å²) in [5.74, 6) is -1.36. The van der Waals surface area contributed by atoms with Gasteiger partial charge in [-0.2, -0.15) is 0 Å². The number of fused-ring (bicyclic) bond motifs is 1. The highest BCUT2D eigenvalue weighted by molar-refractivity contribution is 5.90. The Morgan fingerprint density at radius 3 is 2.71 bits per heavy atom. The van der Waals surface area contributed by atoms with Crippen molar-refractivity contribution in [1.82, 2.24) is 10.3 Å². The SMILES string of the molecule is CCC(C)[C@H](NC(=O)Cc1c[nH]c2ccccc12)C(=O)O. The van der Waals surface area contributed by atoms with Gasteiger partial charge in [-0.15, -0.1) is 0 Å². The molecule has 0 aliphatic heterocycles. The molecule has 0 spiro atoms. The first-order chi connectivity index (χ1) is 10.0. The predicted molar refractivity (Wildman–Crippen MR) is 81.0 cm³/mol. The zero-order valence-electron chi connectivity index (χ0n) is 12.2. The van der Waals surface area contributed by atoms with Crippen LogP contribution in [0.25, 0.3) is 10.9 Å². The van der Waals surface area contributed by atoms with E-state index in [1.165, 1.54) is 0 Å². The number of nitrogens with one attached hydrogen (secondary N) is 2. The van der Waals surface area contributed by atoms with Crippen molar-refractivity contribution in [1.29, 1.82) is 0 Å². The molecule has 5 heteroatoms. The summed E-state index contributed by atoms with van der Waals surface area (Å²) in [6.45, 7) is 3.73. The van der Waals surface area contributed by atoms with Crippen LogP contribution < -0.4 is 5.32 Å². The average molecular weight is 288 g/mol. The lowest BCUT2D eigenvalue weighted by atomic mass is 9.99. The number of carbonyl (C=O) groups excluding carboxylic acids is 1. The average Bonchev–Trinajstić information content (AvgIpc) is 2.87. The van der Waals surface area contributed by atoms with Crippen LogP contribution in [0.15, 0.2) is 30.5 Å². The van der Waals surface area contributed by atoms with Crippen LogP contribution in [-0.4, -0.2) is 28.0 Å². The number of aromatic nitrogens is 1. The Kier molecular flexibility index (Phi) is 4.62. The summed E-state index contributed by atoms with van der Waals surface area (Å²) < 4.78 is 0. The summed E-state index contributed by atoms with van der Waals surface area (Å²) in [5.41, 5.74) is 1.84. The van der Waals surface area contributed by atoms with Gasteiger partial charge < -0.3 is 15.4 Å². The van der Waals surface area contributed by atoms with Gasteiger partial charge in [-0.25, -0.2) is 4.79 Å². The van der Waals surface area contributed by atoms with Crippen molar-refractivity contribution in [2.45, 2.75) is 32.7 Å². The monoisotopic (exact) mass is 288 g/mol. The van der Waals surface area contributed by atoms with Crippen LogP contribution in [0.1, 0.15) is 25.8 Å². The minimum absolute atomic E-state index is 0.102. The molecule has 3 N–H and O–H groups in total. The molecule has 1 aromatic carbocycles. The number of hydrogen-bond donors (Lipinski definition) is 3. The first-order valence-electron chi connectivity index (χ1n) is 7.10. The third-order valence-electron chi connectivity index (χ3n) is 3.82. The van der Waals surface area contributed by atoms with E-state index >= 15 is 0 Å². The van der Waals surface area contributed by atoms with Crippen LogP contribution >= 0.6 is 0 Å². The number of amides is 1. The topological polar surface area (TPSA) is 82.2 Å². The summed E-state index contributed by atoms with van der Waals surface area (Å²) >= 11 is 0. The van der Waals surface area contributed by atoms with E-state index in [0.29, 0.717) is 6.42 Å². The largest absolute Gasteiger partial charge is 0.480 e. The smallest absolute Gasteiger partial charge is 0.326 e. The maximum atomic E-state index is 12.1. The molecule has 0 saturated carbocycles. The maximum absolute atomic E-state index is 12.1. The number of benzene rings is 1. The van der Waals surface area contributed by atoms with Crippen molar-refractivity contribution in [3.8, 4) is 0 Å². The maximum Gasteiger partial charge on any atom is 0.326 e. The predicted octanol–water partition coefficient (Wildman–Crippen LogP) is 2.33. The van der Waals surface area contributed by atoms with Crippen molar-refractivity contribution in [3.05, 3.63) is 36.0 Å². The molecule has 5 nitrogen and oxygen atoms in total. The molecule has 21 heavy (non-hydrogen) atoms. The van der Waals surface area contributed by atoms with Gasteiger partial charge in [0.1, 0.15) is 6.04 Å². The van der Waals surface area contributed by atoms with E-state index in [1.54, 1.807) is 6.20 Å². The van der Waals surface area contributed by atoms with Crippen molar-refractivity contribution in [2.75, 3.05) is 0 Å². The summed E-state index contributed by atoms with van der Waals surface area (Å²) in [6.07, 6.45) is 2.66. The molecule has 0 bridgehead atoms. The molecule has 0 saturated heterocycles. The van der Waals surface area contributed by atoms with E-state index < -0.39 is 12.0 Å². The van der Waals surface area contributed by atoms with Gasteiger partial charge >= 0.3 is 5.97 Å². The van der Waals surface area contributed by atoms with Gasteiger partial charge in [0.15, 0.2) is 0 Å². The molecule has 112 valence electrons. The van der Waals surface area contributed by atoms with Gasteiger partial charge in [0.2, 0.25) is 5.91 Å². The van der Waals surface area contributed by atoms with Gasteiger partial charge in [-0.1, -0.05) is 38.5 Å². The molecule has 0 fully saturated rings. The number of para-hydroxylation sites is 1. The van der Waals surface area contributed by atoms with Crippen LogP contribution in [-0.2, 0) is 16.0 Å². The second-order valence-corrected chi connectivity index (χ2v) is 5.31. The molecule has 0 aliphatic carbocycles. The van der Waals surface area contributed by atoms with Crippen LogP contribution in [0, 0.1) is 5.92 Å². The van der Waals surface area contributed by atoms with Gasteiger partial charge in [-0.3, -0.25) is 4.79 Å². The Morgan fingerprint density at radius 2 is 2.05 bits per heavy atom. The molecule has 2 atom stereocenters. The quantitative estimate of drug-likeness (QED) is 0.763. The third kappa shape index (κ3) is 3.42. The highest BCUT2D eigenvalue weighted by Crippen LogP contribution is 2.18. The van der Waals surface area contributed by atoms with Crippen molar-refractivity contribution < 1.29 is 14.7 Å². The van der Waals surface area contributed by atoms with Crippen molar-refractivity contribution in [2.24, 2.45) is 5.92 Å². The molecule has 2 aromatic rings. The fraction of sp³-hybridized carbons (Fsp3) is 0.375. The first-order valence-corrected chi connectivity index (χ1v) is 7.10. The molecule has 1 unspecified atom stereocenters. The molecule has 1 amide bonds. The Balaban J connectivity index is 2.09. The molecule has 0 aliphatic rings. The zero-order valence-corrected chi connectivity index (χ0v) is 12.2. The van der Waals surface area contributed by atoms with E-state index in [9.17, 15) is 14.7 Å². The molecule has 2 rings (SSSR count). The van der Waals surface area contributed by atoms with E-state index in [4.69, 9.17) is 0 Å². The van der Waals surface area contributed by atoms with Gasteiger partial charge in [0.05, 0.1) is 6.42 Å². The second-order valence-electron chi connectivity index (χ2n) is 5.31. The number of aromatic amines is 1. The summed E-state index contributed by atoms with van der Waals surface area (Å²) in [6, 6.07) is 6.88. The first kappa shape index (κ1) is 15.1. The van der Waals surface area contributed by atoms with Gasteiger partial charge in [0.25, 0.3) is 0 Å². The zero-order chi connectivity index (χ0) is 15.4. The lowest BCUT2D eigenvalue weighted by Crippen LogP contribution is -2.45. The number of hydrogen-bond acceptors (Lipinski definition) is 2. The minimum atomic E-state index is -0.989. The fourth-order valence-electron chi connectivity index (χ4n) is 2.36. The van der Waals surface area contributed by atoms with Crippen LogP contribution in [0.3, 0.4) is 0 Å². The van der Waals surface area contributed by atoms with Crippen molar-refractivity contribution in [3.63, 3.8) is 0 Å². The summed E-state index contributed by atoms with van der Waals surface area (Å²) in [7, 11) is 0. The summed E-state index contributed by atoms with van der Waals surface area (Å²) in [5, 5.41) is 12.8. The molecule has 1 aromatic heterocycles. The molecule has 0 radical (unpaired) electrons. The van der Waals surface area contributed by atoms with Gasteiger partial charge in [-0.05, 0) is 17.5 Å². The van der Waals surface area contributed by atoms with Crippen LogP contribution in [0.4, 0.5) is 0 Å². The number of rotatable bonds is 6. The Hall–Kier alpha value is -2.30. The standard InChI is InChI=1S/C16H20N2O3/c1-3-10(2)15(16(20)21)18-14(19)8-11-9-17-13-7-5-4-6-12(11)13/h4-7,9-10,15,17H,3,8H2,1-2H3,(H,18,19)(H,20,21)/t10?,15-/m0/s1. The van der Waals surface area contributed by atoms with E-state index in [2.05, 4.69) is 10.3 Å². The lowest BCUT2D eigenvalue weighted by Gasteiger charge is -2.20. The fourth-order valence-corrected chi connectivity index (χ4v) is 2.36. The Bertz CT molecular complexity index is 648. The highest BCUT2D eigenvalue weighted by atomic mass is 16.4. The minimum Gasteiger partial charge on any atom is -0.480 e. The number of carboxylic acid groups (broad SMARTS) is 1. The molecular formula is C16H20N2O3. The lowest BCUT2D eigenvalue weighted by molar-refractivity contribution is -0.143. The summed E-state index contributed by atoms with van der Waals surface area (Å²) in [4.78, 5) is 26.4. The Labute approximate surface area is 123 Å². The number of carboxylic acids is 1.